The van der Waals surface area contributed by atoms with Gasteiger partial charge in [-0.1, -0.05) is 46.9 Å². The van der Waals surface area contributed by atoms with Crippen LogP contribution in [0.2, 0.25) is 0 Å². The van der Waals surface area contributed by atoms with E-state index in [9.17, 15) is 4.79 Å². The lowest BCUT2D eigenvalue weighted by Crippen LogP contribution is -2.56. The molecule has 132 valence electrons. The fourth-order valence-corrected chi connectivity index (χ4v) is 2.86. The summed E-state index contributed by atoms with van der Waals surface area (Å²) < 4.78 is -0.913. The monoisotopic (exact) mass is 528 g/mol. The Kier molecular flexibility index (Phi) is 7.51. The van der Waals surface area contributed by atoms with E-state index >= 15 is 0 Å². The van der Waals surface area contributed by atoms with E-state index in [0.29, 0.717) is 11.4 Å². The van der Waals surface area contributed by atoms with Crippen LogP contribution >= 0.6 is 69.6 Å². The van der Waals surface area contributed by atoms with Crippen molar-refractivity contribution in [3.05, 3.63) is 57.8 Å². The predicted octanol–water partition coefficient (Wildman–Crippen LogP) is 4.10. The number of aromatic nitrogens is 1. The number of benzene rings is 1. The second-order valence-corrected chi connectivity index (χ2v) is 8.79. The number of nitrogens with zero attached hydrogens (tertiary/aromatic N) is 1. The van der Waals surface area contributed by atoms with Crippen LogP contribution in [0.3, 0.4) is 0 Å². The fourth-order valence-electron chi connectivity index (χ4n) is 1.76. The van der Waals surface area contributed by atoms with E-state index in [2.05, 4.69) is 43.5 Å². The standard InChI is InChI=1S/C15H12Cl3IN4OS/c16-15(17,18)13(22-12(24)9-4-3-5-10(19)8-9)23-14(25)21-11-6-1-2-7-20-11/h1-8,13H,(H,22,24)(H2,20,21,23,25)/t13-/m0/s1. The third kappa shape index (κ3) is 6.74. The van der Waals surface area contributed by atoms with Crippen molar-refractivity contribution in [1.29, 1.82) is 0 Å². The molecule has 0 aliphatic rings. The summed E-state index contributed by atoms with van der Waals surface area (Å²) in [7, 11) is 0. The molecule has 0 spiro atoms. The molecule has 0 fully saturated rings. The number of hydrogen-bond donors (Lipinski definition) is 3. The zero-order chi connectivity index (χ0) is 18.4. The van der Waals surface area contributed by atoms with Crippen LogP contribution < -0.4 is 16.0 Å². The number of amides is 1. The van der Waals surface area contributed by atoms with Gasteiger partial charge in [-0.25, -0.2) is 4.98 Å². The van der Waals surface area contributed by atoms with Gasteiger partial charge in [-0.2, -0.15) is 0 Å². The highest BCUT2D eigenvalue weighted by Crippen LogP contribution is 2.29. The van der Waals surface area contributed by atoms with Crippen molar-refractivity contribution in [1.82, 2.24) is 15.6 Å². The van der Waals surface area contributed by atoms with Gasteiger partial charge in [-0.15, -0.1) is 0 Å². The van der Waals surface area contributed by atoms with Crippen molar-refractivity contribution in [2.24, 2.45) is 0 Å². The number of rotatable bonds is 4. The number of thiocarbonyl (C=S) groups is 1. The molecule has 1 heterocycles. The number of alkyl halides is 3. The summed E-state index contributed by atoms with van der Waals surface area (Å²) >= 11 is 25.2. The molecule has 2 aromatic rings. The van der Waals surface area contributed by atoms with E-state index in [1.54, 1.807) is 42.6 Å². The summed E-state index contributed by atoms with van der Waals surface area (Å²) in [4.78, 5) is 16.5. The SMILES string of the molecule is O=C(N[C@@H](NC(=S)Nc1ccccn1)C(Cl)(Cl)Cl)c1cccc(I)c1. The molecule has 10 heteroatoms. The highest BCUT2D eigenvalue weighted by Gasteiger charge is 2.35. The van der Waals surface area contributed by atoms with Gasteiger partial charge in [-0.3, -0.25) is 4.79 Å². The van der Waals surface area contributed by atoms with Crippen molar-refractivity contribution in [2.75, 3.05) is 5.32 Å². The Morgan fingerprint density at radius 2 is 1.92 bits per heavy atom. The third-order valence-electron chi connectivity index (χ3n) is 2.87. The molecule has 25 heavy (non-hydrogen) atoms. The normalized spacial score (nSPS) is 12.2. The predicted molar refractivity (Wildman–Crippen MR) is 114 cm³/mol. The maximum Gasteiger partial charge on any atom is 0.253 e. The van der Waals surface area contributed by atoms with Gasteiger partial charge < -0.3 is 16.0 Å². The third-order valence-corrected chi connectivity index (χ3v) is 4.42. The summed E-state index contributed by atoms with van der Waals surface area (Å²) in [5.74, 6) is 0.120. The molecule has 1 amide bonds. The summed E-state index contributed by atoms with van der Waals surface area (Å²) in [5.41, 5.74) is 0.441. The molecule has 0 aliphatic carbocycles. The van der Waals surface area contributed by atoms with Gasteiger partial charge in [0.15, 0.2) is 5.11 Å². The number of halogens is 4. The molecule has 0 aliphatic heterocycles. The Bertz CT molecular complexity index is 758. The van der Waals surface area contributed by atoms with Crippen molar-refractivity contribution in [2.45, 2.75) is 9.96 Å². The van der Waals surface area contributed by atoms with Gasteiger partial charge in [0.1, 0.15) is 12.0 Å². The van der Waals surface area contributed by atoms with Gasteiger partial charge in [0.25, 0.3) is 5.91 Å². The van der Waals surface area contributed by atoms with Crippen LogP contribution in [0.5, 0.6) is 0 Å². The van der Waals surface area contributed by atoms with E-state index in [1.807, 2.05) is 6.07 Å². The second kappa shape index (κ2) is 9.18. The van der Waals surface area contributed by atoms with Gasteiger partial charge in [0.2, 0.25) is 3.79 Å². The molecule has 1 aromatic heterocycles. The van der Waals surface area contributed by atoms with Crippen LogP contribution in [-0.2, 0) is 0 Å². The van der Waals surface area contributed by atoms with E-state index in [1.165, 1.54) is 0 Å². The lowest BCUT2D eigenvalue weighted by atomic mass is 10.2. The molecule has 5 nitrogen and oxygen atoms in total. The molecule has 0 radical (unpaired) electrons. The highest BCUT2D eigenvalue weighted by molar-refractivity contribution is 14.1. The Hall–Kier alpha value is -0.870. The van der Waals surface area contributed by atoms with Crippen LogP contribution in [0.25, 0.3) is 0 Å². The summed E-state index contributed by atoms with van der Waals surface area (Å²) in [6, 6.07) is 12.3. The Morgan fingerprint density at radius 1 is 1.16 bits per heavy atom. The van der Waals surface area contributed by atoms with Gasteiger partial charge >= 0.3 is 0 Å². The number of carbonyl (C=O) groups is 1. The molecule has 0 bridgehead atoms. The number of nitrogens with one attached hydrogen (secondary N) is 3. The van der Waals surface area contributed by atoms with Crippen LogP contribution in [0.15, 0.2) is 48.7 Å². The van der Waals surface area contributed by atoms with Crippen molar-refractivity contribution in [3.63, 3.8) is 0 Å². The van der Waals surface area contributed by atoms with Crippen LogP contribution in [0.1, 0.15) is 10.4 Å². The van der Waals surface area contributed by atoms with Crippen molar-refractivity contribution in [3.8, 4) is 0 Å². The minimum atomic E-state index is -1.83. The van der Waals surface area contributed by atoms with Crippen molar-refractivity contribution < 1.29 is 4.79 Å². The van der Waals surface area contributed by atoms with Crippen molar-refractivity contribution >= 4 is 86.4 Å². The summed E-state index contributed by atoms with van der Waals surface area (Å²) in [6.45, 7) is 0. The van der Waals surface area contributed by atoms with E-state index in [-0.39, 0.29) is 5.11 Å². The second-order valence-electron chi connectivity index (χ2n) is 4.77. The maximum absolute atomic E-state index is 12.4. The van der Waals surface area contributed by atoms with Crippen LogP contribution in [0.4, 0.5) is 5.82 Å². The topological polar surface area (TPSA) is 66.1 Å². The van der Waals surface area contributed by atoms with Crippen LogP contribution in [0, 0.1) is 3.57 Å². The Balaban J connectivity index is 2.06. The quantitative estimate of drug-likeness (QED) is 0.241. The minimum Gasteiger partial charge on any atom is -0.339 e. The number of hydrogen-bond acceptors (Lipinski definition) is 3. The van der Waals surface area contributed by atoms with E-state index in [4.69, 9.17) is 47.0 Å². The zero-order valence-electron chi connectivity index (χ0n) is 12.5. The minimum absolute atomic E-state index is 0.151. The molecule has 0 saturated heterocycles. The summed E-state index contributed by atoms with van der Waals surface area (Å²) in [5, 5.41) is 8.39. The largest absolute Gasteiger partial charge is 0.339 e. The first-order valence-corrected chi connectivity index (χ1v) is 9.49. The average molecular weight is 530 g/mol. The molecule has 3 N–H and O–H groups in total. The maximum atomic E-state index is 12.4. The molecule has 0 unspecified atom stereocenters. The van der Waals surface area contributed by atoms with Crippen LogP contribution in [-0.4, -0.2) is 26.0 Å². The fraction of sp³-hybridized carbons (Fsp3) is 0.133. The first-order chi connectivity index (χ1) is 11.8. The van der Waals surface area contributed by atoms with Gasteiger partial charge in [0, 0.05) is 15.3 Å². The van der Waals surface area contributed by atoms with E-state index in [0.717, 1.165) is 3.57 Å². The van der Waals surface area contributed by atoms with E-state index < -0.39 is 15.9 Å². The molecule has 2 rings (SSSR count). The molecular formula is C15H12Cl3IN4OS. The summed E-state index contributed by atoms with van der Waals surface area (Å²) in [6.07, 6.45) is 0.558. The lowest BCUT2D eigenvalue weighted by molar-refractivity contribution is 0.0934. The zero-order valence-corrected chi connectivity index (χ0v) is 17.7. The first-order valence-electron chi connectivity index (χ1n) is 6.87. The number of anilines is 1. The lowest BCUT2D eigenvalue weighted by Gasteiger charge is -2.27. The molecule has 1 atom stereocenters. The Labute approximate surface area is 179 Å². The first kappa shape index (κ1) is 20.4. The molecular weight excluding hydrogens is 518 g/mol. The Morgan fingerprint density at radius 3 is 2.52 bits per heavy atom. The number of carbonyl (C=O) groups excluding carboxylic acids is 1. The number of pyridine rings is 1. The smallest absolute Gasteiger partial charge is 0.253 e. The molecule has 1 aromatic carbocycles. The average Bonchev–Trinajstić information content (AvgIpc) is 2.54. The van der Waals surface area contributed by atoms with Gasteiger partial charge in [-0.05, 0) is 65.1 Å². The van der Waals surface area contributed by atoms with Gasteiger partial charge in [0.05, 0.1) is 0 Å². The molecule has 0 saturated carbocycles. The highest BCUT2D eigenvalue weighted by atomic mass is 127.